The van der Waals surface area contributed by atoms with Gasteiger partial charge in [0.2, 0.25) is 11.9 Å². The Labute approximate surface area is 165 Å². The molecule has 1 saturated heterocycles. The van der Waals surface area contributed by atoms with Crippen molar-refractivity contribution in [3.63, 3.8) is 0 Å². The normalized spacial score (nSPS) is 20.5. The van der Waals surface area contributed by atoms with Gasteiger partial charge in [-0.2, -0.15) is 0 Å². The van der Waals surface area contributed by atoms with Gasteiger partial charge in [-0.25, -0.2) is 4.98 Å². The number of hydrogen-bond donors (Lipinski definition) is 2. The molecule has 1 unspecified atom stereocenters. The van der Waals surface area contributed by atoms with Crippen LogP contribution in [0.1, 0.15) is 61.3 Å². The maximum absolute atomic E-state index is 12.6. The molecule has 2 heterocycles. The van der Waals surface area contributed by atoms with Crippen LogP contribution in [-0.4, -0.2) is 33.4 Å². The van der Waals surface area contributed by atoms with Crippen molar-refractivity contribution in [2.45, 2.75) is 64.0 Å². The highest BCUT2D eigenvalue weighted by Gasteiger charge is 2.36. The van der Waals surface area contributed by atoms with Crippen LogP contribution < -0.4 is 10.9 Å². The Bertz CT molecular complexity index is 901. The quantitative estimate of drug-likeness (QED) is 0.834. The van der Waals surface area contributed by atoms with E-state index in [1.165, 1.54) is 24.8 Å². The van der Waals surface area contributed by atoms with Gasteiger partial charge in [-0.05, 0) is 30.9 Å². The van der Waals surface area contributed by atoms with Crippen LogP contribution in [0.15, 0.2) is 35.1 Å². The highest BCUT2D eigenvalue weighted by atomic mass is 16.2. The number of H-pyrrole nitrogens is 1. The smallest absolute Gasteiger partial charge is 0.252 e. The summed E-state index contributed by atoms with van der Waals surface area (Å²) in [7, 11) is 0. The topological polar surface area (TPSA) is 78.1 Å². The van der Waals surface area contributed by atoms with Crippen molar-refractivity contribution in [2.75, 3.05) is 11.9 Å². The van der Waals surface area contributed by atoms with Crippen molar-refractivity contribution in [3.05, 3.63) is 57.5 Å². The molecule has 6 nitrogen and oxygen atoms in total. The fraction of sp³-hybridized carbons (Fsp3) is 0.500. The summed E-state index contributed by atoms with van der Waals surface area (Å²) in [6, 6.07) is 10.0. The molecule has 1 saturated carbocycles. The summed E-state index contributed by atoms with van der Waals surface area (Å²) in [5, 5.41) is 3.23. The van der Waals surface area contributed by atoms with Gasteiger partial charge >= 0.3 is 0 Å². The lowest BCUT2D eigenvalue weighted by Gasteiger charge is -2.31. The number of rotatable bonds is 5. The molecular weight excluding hydrogens is 352 g/mol. The predicted octanol–water partition coefficient (Wildman–Crippen LogP) is 3.34. The Morgan fingerprint density at radius 3 is 2.75 bits per heavy atom. The number of nitrogens with zero attached hydrogens (tertiary/aromatic N) is 2. The van der Waals surface area contributed by atoms with Crippen molar-refractivity contribution >= 4 is 11.9 Å². The van der Waals surface area contributed by atoms with E-state index in [-0.39, 0.29) is 17.4 Å². The van der Waals surface area contributed by atoms with Crippen LogP contribution in [0.4, 0.5) is 5.95 Å². The molecule has 28 heavy (non-hydrogen) atoms. The summed E-state index contributed by atoms with van der Waals surface area (Å²) in [4.78, 5) is 34.2. The van der Waals surface area contributed by atoms with Crippen LogP contribution in [0.3, 0.4) is 0 Å². The van der Waals surface area contributed by atoms with Gasteiger partial charge in [0.05, 0.1) is 5.69 Å². The average Bonchev–Trinajstić information content (AvgIpc) is 3.09. The largest absolute Gasteiger partial charge is 0.352 e. The van der Waals surface area contributed by atoms with Crippen LogP contribution in [0, 0.1) is 6.92 Å². The molecule has 1 amide bonds. The molecule has 2 aliphatic rings. The number of carbonyl (C=O) groups is 1. The first-order chi connectivity index (χ1) is 13.6. The lowest BCUT2D eigenvalue weighted by Crippen LogP contribution is -2.37. The summed E-state index contributed by atoms with van der Waals surface area (Å²) < 4.78 is 0. The van der Waals surface area contributed by atoms with E-state index in [1.54, 1.807) is 6.07 Å². The number of benzene rings is 1. The SMILES string of the molecule is Cc1ccccc1CNc1nc(C2CC(=O)N(C3CCCCC3)C2)cc(=O)[nH]1. The first-order valence-electron chi connectivity index (χ1n) is 10.3. The lowest BCUT2D eigenvalue weighted by molar-refractivity contribution is -0.130. The average molecular weight is 380 g/mol. The molecule has 6 heteroatoms. The van der Waals surface area contributed by atoms with Gasteiger partial charge in [0.15, 0.2) is 0 Å². The van der Waals surface area contributed by atoms with Crippen LogP contribution in [0.25, 0.3) is 0 Å². The molecule has 2 fully saturated rings. The molecule has 1 aliphatic heterocycles. The fourth-order valence-corrected chi connectivity index (χ4v) is 4.43. The number of anilines is 1. The van der Waals surface area contributed by atoms with Crippen LogP contribution >= 0.6 is 0 Å². The van der Waals surface area contributed by atoms with Crippen molar-refractivity contribution in [2.24, 2.45) is 0 Å². The van der Waals surface area contributed by atoms with E-state index < -0.39 is 0 Å². The molecule has 2 aromatic rings. The Balaban J connectivity index is 1.47. The zero-order valence-electron chi connectivity index (χ0n) is 16.4. The number of nitrogens with one attached hydrogen (secondary N) is 2. The fourth-order valence-electron chi connectivity index (χ4n) is 4.43. The summed E-state index contributed by atoms with van der Waals surface area (Å²) in [5.41, 5.74) is 2.89. The van der Waals surface area contributed by atoms with Crippen molar-refractivity contribution in [1.82, 2.24) is 14.9 Å². The summed E-state index contributed by atoms with van der Waals surface area (Å²) in [6.07, 6.45) is 6.33. The van der Waals surface area contributed by atoms with E-state index >= 15 is 0 Å². The zero-order valence-corrected chi connectivity index (χ0v) is 16.4. The third-order valence-electron chi connectivity index (χ3n) is 6.06. The minimum atomic E-state index is -0.180. The number of likely N-dealkylation sites (tertiary alicyclic amines) is 1. The molecular formula is C22H28N4O2. The molecule has 0 spiro atoms. The third-order valence-corrected chi connectivity index (χ3v) is 6.06. The summed E-state index contributed by atoms with van der Waals surface area (Å²) in [6.45, 7) is 3.33. The summed E-state index contributed by atoms with van der Waals surface area (Å²) in [5.74, 6) is 0.665. The second-order valence-electron chi connectivity index (χ2n) is 8.04. The second kappa shape index (κ2) is 8.17. The minimum absolute atomic E-state index is 0.00395. The first-order valence-corrected chi connectivity index (χ1v) is 10.3. The van der Waals surface area contributed by atoms with Crippen molar-refractivity contribution < 1.29 is 4.79 Å². The van der Waals surface area contributed by atoms with E-state index in [4.69, 9.17) is 0 Å². The number of amides is 1. The van der Waals surface area contributed by atoms with E-state index in [0.717, 1.165) is 18.4 Å². The second-order valence-corrected chi connectivity index (χ2v) is 8.04. The number of aryl methyl sites for hydroxylation is 1. The third kappa shape index (κ3) is 4.11. The molecule has 0 bridgehead atoms. The highest BCUT2D eigenvalue weighted by Crippen LogP contribution is 2.32. The van der Waals surface area contributed by atoms with E-state index in [2.05, 4.69) is 34.3 Å². The van der Waals surface area contributed by atoms with Gasteiger partial charge in [-0.15, -0.1) is 0 Å². The molecule has 4 rings (SSSR count). The Hall–Kier alpha value is -2.63. The van der Waals surface area contributed by atoms with Crippen LogP contribution in [0.5, 0.6) is 0 Å². The minimum Gasteiger partial charge on any atom is -0.352 e. The molecule has 148 valence electrons. The molecule has 1 aliphatic carbocycles. The van der Waals surface area contributed by atoms with Gasteiger partial charge in [0.25, 0.3) is 5.56 Å². The predicted molar refractivity (Wildman–Crippen MR) is 109 cm³/mol. The van der Waals surface area contributed by atoms with E-state index in [0.29, 0.717) is 37.2 Å². The summed E-state index contributed by atoms with van der Waals surface area (Å²) >= 11 is 0. The standard InChI is InChI=1S/C22H28N4O2/c1-15-7-5-6-8-16(15)13-23-22-24-19(12-20(27)25-22)17-11-21(28)26(14-17)18-9-3-2-4-10-18/h5-8,12,17-18H,2-4,9-11,13-14H2,1H3,(H2,23,24,25,27). The first kappa shape index (κ1) is 18.7. The number of hydrogen-bond acceptors (Lipinski definition) is 4. The Kier molecular flexibility index (Phi) is 5.46. The van der Waals surface area contributed by atoms with Gasteiger partial charge in [0.1, 0.15) is 0 Å². The monoisotopic (exact) mass is 380 g/mol. The van der Waals surface area contributed by atoms with Gasteiger partial charge in [0, 0.05) is 37.5 Å². The Morgan fingerprint density at radius 1 is 1.18 bits per heavy atom. The molecule has 2 N–H and O–H groups in total. The van der Waals surface area contributed by atoms with E-state index in [1.807, 2.05) is 17.0 Å². The van der Waals surface area contributed by atoms with Crippen LogP contribution in [-0.2, 0) is 11.3 Å². The number of carbonyl (C=O) groups excluding carboxylic acids is 1. The van der Waals surface area contributed by atoms with Crippen molar-refractivity contribution in [3.8, 4) is 0 Å². The number of aromatic nitrogens is 2. The molecule has 1 aromatic heterocycles. The van der Waals surface area contributed by atoms with Crippen molar-refractivity contribution in [1.29, 1.82) is 0 Å². The molecule has 1 atom stereocenters. The maximum atomic E-state index is 12.6. The van der Waals surface area contributed by atoms with Gasteiger partial charge in [-0.3, -0.25) is 14.6 Å². The highest BCUT2D eigenvalue weighted by molar-refractivity contribution is 5.80. The van der Waals surface area contributed by atoms with Gasteiger partial charge in [-0.1, -0.05) is 43.5 Å². The molecule has 1 aromatic carbocycles. The van der Waals surface area contributed by atoms with Crippen LogP contribution in [0.2, 0.25) is 0 Å². The lowest BCUT2D eigenvalue weighted by atomic mass is 9.94. The Morgan fingerprint density at radius 2 is 1.96 bits per heavy atom. The number of aromatic amines is 1. The molecule has 0 radical (unpaired) electrons. The zero-order chi connectivity index (χ0) is 19.5. The maximum Gasteiger partial charge on any atom is 0.252 e. The van der Waals surface area contributed by atoms with E-state index in [9.17, 15) is 9.59 Å². The van der Waals surface area contributed by atoms with Gasteiger partial charge < -0.3 is 10.2 Å².